The predicted octanol–water partition coefficient (Wildman–Crippen LogP) is 6.14. The van der Waals surface area contributed by atoms with E-state index in [4.69, 9.17) is 10.1 Å². The first kappa shape index (κ1) is 20.8. The molecule has 0 aromatic heterocycles. The highest BCUT2D eigenvalue weighted by Crippen LogP contribution is 2.29. The molecule has 0 N–H and O–H groups in total. The molecule has 0 bridgehead atoms. The van der Waals surface area contributed by atoms with Crippen molar-refractivity contribution in [3.8, 4) is 6.07 Å². The van der Waals surface area contributed by atoms with Gasteiger partial charge in [-0.3, -0.25) is 0 Å². The first-order valence-electron chi connectivity index (χ1n) is 9.19. The Morgan fingerprint density at radius 3 is 2.33 bits per heavy atom. The summed E-state index contributed by atoms with van der Waals surface area (Å²) in [4.78, 5) is 4.78. The van der Waals surface area contributed by atoms with Gasteiger partial charge in [-0.15, -0.1) is 0 Å². The zero-order chi connectivity index (χ0) is 17.8. The molecule has 0 aliphatic heterocycles. The molecular weight excluding hydrogens is 317 g/mol. The van der Waals surface area contributed by atoms with Crippen molar-refractivity contribution in [3.63, 3.8) is 0 Å². The molecule has 0 aromatic carbocycles. The first-order valence-corrected chi connectivity index (χ1v) is 9.19. The molecule has 138 valence electrons. The van der Waals surface area contributed by atoms with Gasteiger partial charge in [-0.25, -0.2) is 0 Å². The Kier molecular flexibility index (Phi) is 9.82. The second-order valence-electron chi connectivity index (χ2n) is 6.62. The number of nitriles is 1. The third-order valence-electron chi connectivity index (χ3n) is 4.57. The highest BCUT2D eigenvalue weighted by molar-refractivity contribution is 5.99. The number of alkyl halides is 3. The fourth-order valence-electron chi connectivity index (χ4n) is 3.07. The van der Waals surface area contributed by atoms with E-state index in [1.165, 1.54) is 0 Å². The summed E-state index contributed by atoms with van der Waals surface area (Å²) in [5.74, 6) is -0.0494. The summed E-state index contributed by atoms with van der Waals surface area (Å²) < 4.78 is 39.2. The molecule has 1 saturated carbocycles. The zero-order valence-electron chi connectivity index (χ0n) is 14.6. The molecule has 0 saturated heterocycles. The normalized spacial score (nSPS) is 18.2. The van der Waals surface area contributed by atoms with Crippen LogP contribution in [0.5, 0.6) is 0 Å². The average Bonchev–Trinajstić information content (AvgIpc) is 2.56. The molecule has 0 heterocycles. The Labute approximate surface area is 143 Å². The minimum absolute atomic E-state index is 0.0494. The first-order chi connectivity index (χ1) is 11.5. The third kappa shape index (κ3) is 8.03. The molecule has 0 spiro atoms. The van der Waals surface area contributed by atoms with Crippen LogP contribution in [0.1, 0.15) is 84.0 Å². The van der Waals surface area contributed by atoms with Crippen LogP contribution in [0.2, 0.25) is 0 Å². The van der Waals surface area contributed by atoms with Crippen LogP contribution in [0.3, 0.4) is 0 Å². The minimum Gasteiger partial charge on any atom is -0.382 e. The molecule has 0 amide bonds. The lowest BCUT2D eigenvalue weighted by atomic mass is 9.86. The molecule has 6 heteroatoms. The molecule has 1 atom stereocenters. The molecule has 0 aromatic rings. The van der Waals surface area contributed by atoms with Gasteiger partial charge in [0.05, 0.1) is 0 Å². The van der Waals surface area contributed by atoms with Crippen molar-refractivity contribution in [3.05, 3.63) is 0 Å². The van der Waals surface area contributed by atoms with Crippen LogP contribution in [0, 0.1) is 17.2 Å². The molecule has 0 radical (unpaired) electrons. The topological polar surface area (TPSA) is 45.4 Å². The molecule has 1 fully saturated rings. The van der Waals surface area contributed by atoms with Crippen molar-refractivity contribution in [1.29, 1.82) is 5.26 Å². The van der Waals surface area contributed by atoms with Gasteiger partial charge in [0.1, 0.15) is 6.07 Å². The lowest BCUT2D eigenvalue weighted by molar-refractivity contribution is -0.222. The average molecular weight is 346 g/mol. The van der Waals surface area contributed by atoms with Gasteiger partial charge in [-0.1, -0.05) is 63.4 Å². The Morgan fingerprint density at radius 2 is 1.75 bits per heavy atom. The number of hydrogen-bond acceptors (Lipinski definition) is 3. The van der Waals surface area contributed by atoms with Crippen LogP contribution in [-0.4, -0.2) is 18.0 Å². The van der Waals surface area contributed by atoms with E-state index in [1.54, 1.807) is 0 Å². The van der Waals surface area contributed by atoms with Crippen LogP contribution < -0.4 is 0 Å². The lowest BCUT2D eigenvalue weighted by Gasteiger charge is -2.21. The molecule has 1 rings (SSSR count). The van der Waals surface area contributed by atoms with E-state index >= 15 is 0 Å². The monoisotopic (exact) mass is 346 g/mol. The third-order valence-corrected chi connectivity index (χ3v) is 4.57. The van der Waals surface area contributed by atoms with Gasteiger partial charge in [-0.2, -0.15) is 18.4 Å². The summed E-state index contributed by atoms with van der Waals surface area (Å²) in [6.45, 7) is 2.10. The summed E-state index contributed by atoms with van der Waals surface area (Å²) >= 11 is 0. The Hall–Kier alpha value is -1.25. The van der Waals surface area contributed by atoms with Crippen molar-refractivity contribution < 1.29 is 18.0 Å². The maximum absolute atomic E-state index is 13.1. The van der Waals surface area contributed by atoms with E-state index in [0.29, 0.717) is 6.42 Å². The lowest BCUT2D eigenvalue weighted by Crippen LogP contribution is -2.31. The number of rotatable bonds is 10. The highest BCUT2D eigenvalue weighted by atomic mass is 19.4. The summed E-state index contributed by atoms with van der Waals surface area (Å²) in [5.41, 5.74) is 0.117. The Balaban J connectivity index is 2.49. The van der Waals surface area contributed by atoms with E-state index in [1.807, 2.05) is 6.07 Å². The van der Waals surface area contributed by atoms with Gasteiger partial charge in [-0.05, 0) is 25.7 Å². The van der Waals surface area contributed by atoms with Gasteiger partial charge in [0.2, 0.25) is 6.10 Å². The maximum atomic E-state index is 13.1. The summed E-state index contributed by atoms with van der Waals surface area (Å²) in [6, 6.07) is 1.93. The van der Waals surface area contributed by atoms with E-state index in [-0.39, 0.29) is 18.1 Å². The second-order valence-corrected chi connectivity index (χ2v) is 6.62. The molecule has 1 aliphatic carbocycles. The van der Waals surface area contributed by atoms with Crippen LogP contribution in [0.15, 0.2) is 5.16 Å². The van der Waals surface area contributed by atoms with Crippen molar-refractivity contribution in [1.82, 2.24) is 0 Å². The van der Waals surface area contributed by atoms with Crippen molar-refractivity contribution in [2.45, 2.75) is 96.3 Å². The standard InChI is InChI=1S/C18H29F3N2O/c1-2-3-4-5-6-10-13-17(18(19,20)21)24-23-16(14-22)15-11-8-7-9-12-15/h15,17H,2-13H2,1H3. The minimum atomic E-state index is -4.44. The van der Waals surface area contributed by atoms with Gasteiger partial charge in [0, 0.05) is 5.92 Å². The fraction of sp³-hybridized carbons (Fsp3) is 0.889. The van der Waals surface area contributed by atoms with E-state index < -0.39 is 12.3 Å². The van der Waals surface area contributed by atoms with Crippen molar-refractivity contribution >= 4 is 5.71 Å². The number of oxime groups is 1. The van der Waals surface area contributed by atoms with Gasteiger partial charge < -0.3 is 4.84 Å². The van der Waals surface area contributed by atoms with Gasteiger partial charge in [0.15, 0.2) is 5.71 Å². The molecule has 1 unspecified atom stereocenters. The predicted molar refractivity (Wildman–Crippen MR) is 88.5 cm³/mol. The number of halogens is 3. The summed E-state index contributed by atoms with van der Waals surface area (Å²) in [7, 11) is 0. The van der Waals surface area contributed by atoms with Crippen LogP contribution in [-0.2, 0) is 4.84 Å². The molecular formula is C18H29F3N2O. The smallest absolute Gasteiger partial charge is 0.382 e. The summed E-state index contributed by atoms with van der Waals surface area (Å²) in [6.07, 6.45) is 3.75. The van der Waals surface area contributed by atoms with Crippen LogP contribution >= 0.6 is 0 Å². The van der Waals surface area contributed by atoms with Crippen molar-refractivity contribution in [2.24, 2.45) is 11.1 Å². The number of unbranched alkanes of at least 4 members (excludes halogenated alkanes) is 5. The van der Waals surface area contributed by atoms with Crippen molar-refractivity contribution in [2.75, 3.05) is 0 Å². The largest absolute Gasteiger partial charge is 0.428 e. The van der Waals surface area contributed by atoms with Crippen LogP contribution in [0.4, 0.5) is 13.2 Å². The van der Waals surface area contributed by atoms with Gasteiger partial charge >= 0.3 is 6.18 Å². The quantitative estimate of drug-likeness (QED) is 0.271. The Morgan fingerprint density at radius 1 is 1.12 bits per heavy atom. The number of nitrogens with zero attached hydrogens (tertiary/aromatic N) is 2. The van der Waals surface area contributed by atoms with Gasteiger partial charge in [0.25, 0.3) is 0 Å². The van der Waals surface area contributed by atoms with E-state index in [9.17, 15) is 13.2 Å². The van der Waals surface area contributed by atoms with E-state index in [2.05, 4.69) is 12.1 Å². The second kappa shape index (κ2) is 11.3. The maximum Gasteiger partial charge on any atom is 0.428 e. The Bertz CT molecular complexity index is 409. The number of hydrogen-bond donors (Lipinski definition) is 0. The van der Waals surface area contributed by atoms with E-state index in [0.717, 1.165) is 64.2 Å². The summed E-state index contributed by atoms with van der Waals surface area (Å²) in [5, 5.41) is 12.7. The molecule has 3 nitrogen and oxygen atoms in total. The fourth-order valence-corrected chi connectivity index (χ4v) is 3.07. The zero-order valence-corrected chi connectivity index (χ0v) is 14.6. The highest BCUT2D eigenvalue weighted by Gasteiger charge is 2.42. The molecule has 1 aliphatic rings. The molecule has 24 heavy (non-hydrogen) atoms. The SMILES string of the molecule is CCCCCCCCC(ON=C(C#N)C1CCCCC1)C(F)(F)F. The van der Waals surface area contributed by atoms with Crippen LogP contribution in [0.25, 0.3) is 0 Å².